The molecule has 6 nitrogen and oxygen atoms in total. The molecule has 0 atom stereocenters. The molecule has 4 aromatic rings. The topological polar surface area (TPSA) is 79.2 Å². The summed E-state index contributed by atoms with van der Waals surface area (Å²) < 4.78 is 5.81. The Hall–Kier alpha value is -3.38. The fourth-order valence-electron chi connectivity index (χ4n) is 3.26. The van der Waals surface area contributed by atoms with Crippen molar-refractivity contribution in [2.24, 2.45) is 0 Å². The SMILES string of the molecule is CC(C)N(Cc1nc2ccccc2c(=O)[nH]1)C(=O)c1ccc(-c2ccccc2Cl)o1. The summed E-state index contributed by atoms with van der Waals surface area (Å²) in [6.07, 6.45) is 0. The van der Waals surface area contributed by atoms with Gasteiger partial charge in [0.2, 0.25) is 0 Å². The van der Waals surface area contributed by atoms with E-state index in [4.69, 9.17) is 16.0 Å². The molecule has 2 aromatic carbocycles. The first-order valence-corrected chi connectivity index (χ1v) is 9.95. The summed E-state index contributed by atoms with van der Waals surface area (Å²) in [6.45, 7) is 3.95. The molecule has 1 N–H and O–H groups in total. The van der Waals surface area contributed by atoms with Gasteiger partial charge in [-0.25, -0.2) is 4.98 Å². The molecule has 1 amide bonds. The number of benzene rings is 2. The number of rotatable bonds is 5. The molecule has 7 heteroatoms. The second kappa shape index (κ2) is 8.16. The van der Waals surface area contributed by atoms with Crippen LogP contribution in [0.2, 0.25) is 5.02 Å². The normalized spacial score (nSPS) is 11.2. The Bertz CT molecular complexity index is 1280. The van der Waals surface area contributed by atoms with Crippen LogP contribution in [0.25, 0.3) is 22.2 Å². The molecule has 0 spiro atoms. The van der Waals surface area contributed by atoms with Crippen LogP contribution >= 0.6 is 11.6 Å². The summed E-state index contributed by atoms with van der Waals surface area (Å²) in [5.74, 6) is 0.837. The number of nitrogens with one attached hydrogen (secondary N) is 1. The van der Waals surface area contributed by atoms with E-state index in [0.29, 0.717) is 27.5 Å². The van der Waals surface area contributed by atoms with Crippen molar-refractivity contribution in [3.63, 3.8) is 0 Å². The quantitative estimate of drug-likeness (QED) is 0.497. The van der Waals surface area contributed by atoms with Gasteiger partial charge >= 0.3 is 0 Å². The predicted octanol–water partition coefficient (Wildman–Crippen LogP) is 4.89. The minimum absolute atomic E-state index is 0.136. The van der Waals surface area contributed by atoms with Crippen LogP contribution in [0.1, 0.15) is 30.2 Å². The second-order valence-electron chi connectivity index (χ2n) is 7.20. The lowest BCUT2D eigenvalue weighted by molar-refractivity contribution is 0.0653. The van der Waals surface area contributed by atoms with Crippen LogP contribution in [0.15, 0.2) is 69.9 Å². The third kappa shape index (κ3) is 3.86. The van der Waals surface area contributed by atoms with E-state index >= 15 is 0 Å². The first-order chi connectivity index (χ1) is 14.4. The van der Waals surface area contributed by atoms with Crippen LogP contribution in [0, 0.1) is 0 Å². The molecule has 0 radical (unpaired) electrons. The molecule has 0 fully saturated rings. The van der Waals surface area contributed by atoms with Crippen molar-refractivity contribution in [2.45, 2.75) is 26.4 Å². The van der Waals surface area contributed by atoms with Gasteiger partial charge in [-0.05, 0) is 50.2 Å². The second-order valence-corrected chi connectivity index (χ2v) is 7.61. The van der Waals surface area contributed by atoms with Crippen LogP contribution in [0.5, 0.6) is 0 Å². The average Bonchev–Trinajstić information content (AvgIpc) is 3.22. The van der Waals surface area contributed by atoms with Crippen molar-refractivity contribution >= 4 is 28.4 Å². The van der Waals surface area contributed by atoms with Gasteiger partial charge in [0.05, 0.1) is 22.5 Å². The summed E-state index contributed by atoms with van der Waals surface area (Å²) in [6, 6.07) is 17.6. The Labute approximate surface area is 178 Å². The highest BCUT2D eigenvalue weighted by Crippen LogP contribution is 2.29. The van der Waals surface area contributed by atoms with Crippen LogP contribution in [0.3, 0.4) is 0 Å². The Morgan fingerprint density at radius 3 is 2.60 bits per heavy atom. The van der Waals surface area contributed by atoms with E-state index in [0.717, 1.165) is 5.56 Å². The number of halogens is 1. The van der Waals surface area contributed by atoms with Gasteiger partial charge in [0.1, 0.15) is 11.6 Å². The number of aromatic amines is 1. The fraction of sp³-hybridized carbons (Fsp3) is 0.174. The number of H-pyrrole nitrogens is 1. The molecule has 4 rings (SSSR count). The lowest BCUT2D eigenvalue weighted by Crippen LogP contribution is -2.37. The monoisotopic (exact) mass is 421 g/mol. The minimum Gasteiger partial charge on any atom is -0.451 e. The van der Waals surface area contributed by atoms with Crippen molar-refractivity contribution < 1.29 is 9.21 Å². The minimum atomic E-state index is -0.292. The lowest BCUT2D eigenvalue weighted by Gasteiger charge is -2.25. The molecule has 0 aliphatic heterocycles. The summed E-state index contributed by atoms with van der Waals surface area (Å²) in [5, 5.41) is 1.06. The van der Waals surface area contributed by atoms with Crippen molar-refractivity contribution in [2.75, 3.05) is 0 Å². The van der Waals surface area contributed by atoms with Crippen LogP contribution < -0.4 is 5.56 Å². The summed E-state index contributed by atoms with van der Waals surface area (Å²) in [7, 11) is 0. The molecule has 0 bridgehead atoms. The highest BCUT2D eigenvalue weighted by molar-refractivity contribution is 6.33. The summed E-state index contributed by atoms with van der Waals surface area (Å²) in [4.78, 5) is 34.4. The van der Waals surface area contributed by atoms with Crippen LogP contribution in [-0.4, -0.2) is 26.8 Å². The van der Waals surface area contributed by atoms with Crippen molar-refractivity contribution in [3.05, 3.63) is 87.6 Å². The first kappa shape index (κ1) is 19.9. The van der Waals surface area contributed by atoms with Crippen molar-refractivity contribution in [1.29, 1.82) is 0 Å². The van der Waals surface area contributed by atoms with Gasteiger partial charge in [0, 0.05) is 11.6 Å². The van der Waals surface area contributed by atoms with Crippen LogP contribution in [0.4, 0.5) is 0 Å². The average molecular weight is 422 g/mol. The smallest absolute Gasteiger partial charge is 0.290 e. The van der Waals surface area contributed by atoms with E-state index in [9.17, 15) is 9.59 Å². The number of hydrogen-bond acceptors (Lipinski definition) is 4. The Kier molecular flexibility index (Phi) is 5.42. The Morgan fingerprint density at radius 1 is 1.10 bits per heavy atom. The largest absolute Gasteiger partial charge is 0.451 e. The first-order valence-electron chi connectivity index (χ1n) is 9.57. The molecule has 0 saturated heterocycles. The number of carbonyl (C=O) groups is 1. The zero-order valence-electron chi connectivity index (χ0n) is 16.6. The zero-order chi connectivity index (χ0) is 21.3. The van der Waals surface area contributed by atoms with Gasteiger partial charge in [0.15, 0.2) is 5.76 Å². The molecule has 2 aromatic heterocycles. The molecular formula is C23H20ClN3O3. The van der Waals surface area contributed by atoms with Crippen molar-refractivity contribution in [1.82, 2.24) is 14.9 Å². The van der Waals surface area contributed by atoms with Gasteiger partial charge in [-0.1, -0.05) is 35.9 Å². The van der Waals surface area contributed by atoms with Gasteiger partial charge < -0.3 is 14.3 Å². The number of nitrogens with zero attached hydrogens (tertiary/aromatic N) is 2. The van der Waals surface area contributed by atoms with Gasteiger partial charge in [-0.3, -0.25) is 9.59 Å². The molecule has 30 heavy (non-hydrogen) atoms. The van der Waals surface area contributed by atoms with Crippen LogP contribution in [-0.2, 0) is 6.54 Å². The Morgan fingerprint density at radius 2 is 1.83 bits per heavy atom. The Balaban J connectivity index is 1.63. The molecule has 0 aliphatic carbocycles. The number of hydrogen-bond donors (Lipinski definition) is 1. The molecule has 0 aliphatic rings. The van der Waals surface area contributed by atoms with E-state index < -0.39 is 0 Å². The highest BCUT2D eigenvalue weighted by Gasteiger charge is 2.24. The third-order valence-electron chi connectivity index (χ3n) is 4.82. The predicted molar refractivity (Wildman–Crippen MR) is 117 cm³/mol. The molecule has 0 unspecified atom stereocenters. The number of carbonyl (C=O) groups excluding carboxylic acids is 1. The summed E-state index contributed by atoms with van der Waals surface area (Å²) >= 11 is 6.23. The maximum absolute atomic E-state index is 13.1. The standard InChI is InChI=1S/C23H20ClN3O3/c1-14(2)27(13-21-25-18-10-6-4-8-16(18)22(28)26-21)23(29)20-12-11-19(30-20)15-7-3-5-9-17(15)24/h3-12,14H,13H2,1-2H3,(H,25,26,28). The van der Waals surface area contributed by atoms with E-state index in [1.54, 1.807) is 41.3 Å². The third-order valence-corrected chi connectivity index (χ3v) is 5.15. The fourth-order valence-corrected chi connectivity index (χ4v) is 3.49. The van der Waals surface area contributed by atoms with E-state index in [1.165, 1.54) is 0 Å². The number of para-hydroxylation sites is 1. The van der Waals surface area contributed by atoms with Gasteiger partial charge in [-0.15, -0.1) is 0 Å². The van der Waals surface area contributed by atoms with Gasteiger partial charge in [0.25, 0.3) is 11.5 Å². The number of furan rings is 1. The molecule has 2 heterocycles. The number of aromatic nitrogens is 2. The molecular weight excluding hydrogens is 402 g/mol. The number of amides is 1. The number of fused-ring (bicyclic) bond motifs is 1. The van der Waals surface area contributed by atoms with Crippen molar-refractivity contribution in [3.8, 4) is 11.3 Å². The van der Waals surface area contributed by atoms with E-state index in [1.807, 2.05) is 38.1 Å². The molecule has 0 saturated carbocycles. The summed E-state index contributed by atoms with van der Waals surface area (Å²) in [5.41, 5.74) is 1.08. The highest BCUT2D eigenvalue weighted by atomic mass is 35.5. The maximum atomic E-state index is 13.1. The zero-order valence-corrected chi connectivity index (χ0v) is 17.3. The molecule has 152 valence electrons. The maximum Gasteiger partial charge on any atom is 0.290 e. The van der Waals surface area contributed by atoms with E-state index in [2.05, 4.69) is 9.97 Å². The lowest BCUT2D eigenvalue weighted by atomic mass is 10.2. The van der Waals surface area contributed by atoms with E-state index in [-0.39, 0.29) is 29.8 Å². The van der Waals surface area contributed by atoms with Gasteiger partial charge in [-0.2, -0.15) is 0 Å².